The third kappa shape index (κ3) is 8.62. The van der Waals surface area contributed by atoms with Gasteiger partial charge >= 0.3 is 0 Å². The second-order valence-electron chi connectivity index (χ2n) is 21.5. The van der Waals surface area contributed by atoms with Crippen molar-refractivity contribution in [2.75, 3.05) is 18.0 Å². The van der Waals surface area contributed by atoms with Crippen LogP contribution in [-0.4, -0.2) is 56.4 Å². The van der Waals surface area contributed by atoms with E-state index >= 15 is 0 Å². The van der Waals surface area contributed by atoms with Crippen LogP contribution < -0.4 is 4.90 Å². The van der Waals surface area contributed by atoms with Crippen molar-refractivity contribution >= 4 is 39.9 Å². The molecule has 1 aromatic heterocycles. The minimum Gasteiger partial charge on any atom is -0.357 e. The predicted octanol–water partition coefficient (Wildman–Crippen LogP) is 13.1. The summed E-state index contributed by atoms with van der Waals surface area (Å²) < 4.78 is 0. The highest BCUT2D eigenvalue weighted by Crippen LogP contribution is 2.49. The average molecular weight is 893 g/mol. The number of aromatic amines is 1. The molecule has 8 nitrogen and oxygen atoms in total. The molecule has 346 valence electrons. The molecule has 1 N–H and O–H groups in total. The number of H-pyrrole nitrogens is 1. The number of anilines is 1. The predicted molar refractivity (Wildman–Crippen MR) is 272 cm³/mol. The summed E-state index contributed by atoms with van der Waals surface area (Å²) in [7, 11) is 0. The van der Waals surface area contributed by atoms with Gasteiger partial charge in [0.25, 0.3) is 0 Å². The van der Waals surface area contributed by atoms with E-state index in [1.54, 1.807) is 0 Å². The maximum absolute atomic E-state index is 14.4. The lowest BCUT2D eigenvalue weighted by atomic mass is 9.86. The van der Waals surface area contributed by atoms with Crippen LogP contribution >= 0.6 is 0 Å². The Morgan fingerprint density at radius 2 is 1.18 bits per heavy atom. The summed E-state index contributed by atoms with van der Waals surface area (Å²) in [6, 6.07) is 43.8. The average Bonchev–Trinajstić information content (AvgIpc) is 4.18. The number of nitrogens with one attached hydrogen (secondary N) is 1. The molecule has 3 saturated heterocycles. The molecule has 4 aliphatic heterocycles. The third-order valence-corrected chi connectivity index (χ3v) is 15.4. The molecular weight excluding hydrogens is 825 g/mol. The zero-order valence-electron chi connectivity index (χ0n) is 40.6. The maximum Gasteiger partial charge on any atom is 0.230 e. The summed E-state index contributed by atoms with van der Waals surface area (Å²) in [5.41, 5.74) is 12.7. The van der Waals surface area contributed by atoms with Crippen LogP contribution in [0.25, 0.3) is 11.0 Å². The number of rotatable bonds is 11. The quantitative estimate of drug-likeness (QED) is 0.140. The van der Waals surface area contributed by atoms with Crippen molar-refractivity contribution in [3.63, 3.8) is 0 Å². The Labute approximate surface area is 397 Å². The van der Waals surface area contributed by atoms with Crippen LogP contribution in [0.4, 0.5) is 11.4 Å². The molecule has 5 heterocycles. The number of nitrogens with zero attached hydrogens (tertiary/aromatic N) is 5. The molecule has 2 unspecified atom stereocenters. The first-order chi connectivity index (χ1) is 32.3. The van der Waals surface area contributed by atoms with Gasteiger partial charge in [-0.15, -0.1) is 0 Å². The standard InChI is InChI=1S/C59H68N6O2/c1-37(2)54(39-16-10-8-11-17-39)57(66)63-32-14-20-52(63)49-36-43-34-41(22-28-46(43)60-49)50-30-31-51(65(50)45-26-24-44(25-27-45)59(5,6)7)42-23-29-47-48(35-42)62-56(61-47)53-21-15-33-64(53)58(67)55(38(3)4)40-18-12-9-13-19-40/h8-13,16-19,22-29,34-35,37-38,50-55H,14-15,20-21,30-33,36H2,1-7H3,(H,61,62)/t50-,51-,52+,53+,54?,55?/m1/s1. The van der Waals surface area contributed by atoms with Gasteiger partial charge in [-0.05, 0) is 119 Å². The van der Waals surface area contributed by atoms with Gasteiger partial charge < -0.3 is 19.7 Å². The van der Waals surface area contributed by atoms with Crippen molar-refractivity contribution in [1.82, 2.24) is 19.8 Å². The van der Waals surface area contributed by atoms with Crippen LogP contribution in [0.5, 0.6) is 0 Å². The van der Waals surface area contributed by atoms with E-state index in [-0.39, 0.29) is 65.1 Å². The molecule has 0 saturated carbocycles. The van der Waals surface area contributed by atoms with Gasteiger partial charge in [-0.2, -0.15) is 0 Å². The van der Waals surface area contributed by atoms with Crippen LogP contribution in [0.1, 0.15) is 156 Å². The topological polar surface area (TPSA) is 84.9 Å². The fraction of sp³-hybridized carbons (Fsp3) is 0.424. The summed E-state index contributed by atoms with van der Waals surface area (Å²) in [5.74, 6) is 1.34. The van der Waals surface area contributed by atoms with Crippen LogP contribution in [-0.2, 0) is 21.4 Å². The van der Waals surface area contributed by atoms with Crippen molar-refractivity contribution in [3.8, 4) is 0 Å². The lowest BCUT2D eigenvalue weighted by molar-refractivity contribution is -0.135. The monoisotopic (exact) mass is 893 g/mol. The largest absolute Gasteiger partial charge is 0.357 e. The maximum atomic E-state index is 14.4. The number of amides is 2. The van der Waals surface area contributed by atoms with E-state index in [0.717, 1.165) is 97.4 Å². The fourth-order valence-corrected chi connectivity index (χ4v) is 12.0. The van der Waals surface area contributed by atoms with Gasteiger partial charge in [-0.25, -0.2) is 4.98 Å². The first kappa shape index (κ1) is 44.8. The lowest BCUT2D eigenvalue weighted by Gasteiger charge is -2.34. The highest BCUT2D eigenvalue weighted by Gasteiger charge is 2.41. The van der Waals surface area contributed by atoms with Crippen molar-refractivity contribution in [2.45, 2.75) is 135 Å². The van der Waals surface area contributed by atoms with Crippen molar-refractivity contribution in [2.24, 2.45) is 16.8 Å². The Morgan fingerprint density at radius 1 is 0.627 bits per heavy atom. The number of fused-ring (bicyclic) bond motifs is 2. The highest BCUT2D eigenvalue weighted by molar-refractivity contribution is 6.01. The SMILES string of the molecule is CC(C)C(C(=O)N1CCC[C@H]1C1=Nc2ccc([C@H]3CC[C@H](c4ccc5nc([C@@H]6CCCN6C(=O)C(c6ccccc6)C(C)C)[nH]c5c4)N3c3ccc(C(C)(C)C)cc3)cc2C1)c1ccccc1. The minimum absolute atomic E-state index is 0.0309. The smallest absolute Gasteiger partial charge is 0.230 e. The zero-order valence-corrected chi connectivity index (χ0v) is 40.6. The summed E-state index contributed by atoms with van der Waals surface area (Å²) in [4.78, 5) is 49.7. The molecule has 4 aliphatic rings. The second kappa shape index (κ2) is 18.2. The number of benzene rings is 5. The highest BCUT2D eigenvalue weighted by atomic mass is 16.2. The Balaban J connectivity index is 0.918. The molecule has 6 atom stereocenters. The van der Waals surface area contributed by atoms with Crippen molar-refractivity contribution in [3.05, 3.63) is 161 Å². The zero-order chi connectivity index (χ0) is 46.6. The number of hydrogen-bond donors (Lipinski definition) is 1. The first-order valence-electron chi connectivity index (χ1n) is 25.1. The van der Waals surface area contributed by atoms with Gasteiger partial charge in [-0.3, -0.25) is 14.6 Å². The van der Waals surface area contributed by atoms with Crippen molar-refractivity contribution < 1.29 is 9.59 Å². The molecule has 3 fully saturated rings. The summed E-state index contributed by atoms with van der Waals surface area (Å²) in [6.45, 7) is 17.0. The van der Waals surface area contributed by atoms with Gasteiger partial charge in [0.05, 0.1) is 52.7 Å². The number of likely N-dealkylation sites (tertiary alicyclic amines) is 2. The molecule has 5 aromatic carbocycles. The molecule has 2 amide bonds. The lowest BCUT2D eigenvalue weighted by Crippen LogP contribution is -2.44. The molecule has 0 aliphatic carbocycles. The van der Waals surface area contributed by atoms with E-state index in [4.69, 9.17) is 9.98 Å². The van der Waals surface area contributed by atoms with E-state index < -0.39 is 0 Å². The minimum atomic E-state index is -0.187. The van der Waals surface area contributed by atoms with E-state index in [1.807, 2.05) is 36.4 Å². The van der Waals surface area contributed by atoms with Gasteiger partial charge in [0.2, 0.25) is 11.8 Å². The number of aromatic nitrogens is 2. The van der Waals surface area contributed by atoms with Crippen LogP contribution in [0, 0.1) is 11.8 Å². The van der Waals surface area contributed by atoms with Crippen LogP contribution in [0.15, 0.2) is 126 Å². The second-order valence-corrected chi connectivity index (χ2v) is 21.5. The number of imidazole rings is 1. The summed E-state index contributed by atoms with van der Waals surface area (Å²) in [5, 5.41) is 0. The third-order valence-electron chi connectivity index (χ3n) is 15.4. The molecule has 6 aromatic rings. The Hall–Kier alpha value is -6.02. The van der Waals surface area contributed by atoms with E-state index in [0.29, 0.717) is 0 Å². The van der Waals surface area contributed by atoms with Gasteiger partial charge in [-0.1, -0.05) is 139 Å². The van der Waals surface area contributed by atoms with Crippen LogP contribution in [0.3, 0.4) is 0 Å². The molecule has 0 bridgehead atoms. The fourth-order valence-electron chi connectivity index (χ4n) is 12.0. The van der Waals surface area contributed by atoms with Crippen molar-refractivity contribution in [1.29, 1.82) is 0 Å². The molecule has 67 heavy (non-hydrogen) atoms. The van der Waals surface area contributed by atoms with E-state index in [1.165, 1.54) is 27.9 Å². The number of carbonyl (C=O) groups is 2. The molecular formula is C59H68N6O2. The molecule has 8 heteroatoms. The molecule has 0 spiro atoms. The number of aliphatic imine (C=N–C) groups is 1. The Kier molecular flexibility index (Phi) is 12.2. The van der Waals surface area contributed by atoms with E-state index in [9.17, 15) is 9.59 Å². The van der Waals surface area contributed by atoms with Gasteiger partial charge in [0, 0.05) is 30.9 Å². The number of carbonyl (C=O) groups excluding carboxylic acids is 2. The number of hydrogen-bond acceptors (Lipinski definition) is 5. The first-order valence-corrected chi connectivity index (χ1v) is 25.1. The van der Waals surface area contributed by atoms with Gasteiger partial charge in [0.15, 0.2) is 0 Å². The normalized spacial score (nSPS) is 21.7. The molecule has 0 radical (unpaired) electrons. The summed E-state index contributed by atoms with van der Waals surface area (Å²) >= 11 is 0. The van der Waals surface area contributed by atoms with Crippen LogP contribution in [0.2, 0.25) is 0 Å². The summed E-state index contributed by atoms with van der Waals surface area (Å²) in [6.07, 6.45) is 6.63. The molecule has 10 rings (SSSR count). The Bertz CT molecular complexity index is 2770. The van der Waals surface area contributed by atoms with E-state index in [2.05, 4.69) is 153 Å². The van der Waals surface area contributed by atoms with Gasteiger partial charge in [0.1, 0.15) is 5.82 Å². The Morgan fingerprint density at radius 3 is 1.76 bits per heavy atom.